The second-order valence-corrected chi connectivity index (χ2v) is 3.01. The van der Waals surface area contributed by atoms with Crippen molar-refractivity contribution in [3.05, 3.63) is 47.9 Å². The molecule has 3 heteroatoms. The van der Waals surface area contributed by atoms with Crippen molar-refractivity contribution in [3.63, 3.8) is 0 Å². The second-order valence-electron chi connectivity index (χ2n) is 3.01. The fourth-order valence-corrected chi connectivity index (χ4v) is 1.38. The number of rotatable bonds is 2. The Morgan fingerprint density at radius 3 is 2.53 bits per heavy atom. The van der Waals surface area contributed by atoms with Crippen LogP contribution in [-0.2, 0) is 0 Å². The summed E-state index contributed by atoms with van der Waals surface area (Å²) in [6, 6.07) is 10.7. The zero-order valence-corrected chi connectivity index (χ0v) is 7.81. The van der Waals surface area contributed by atoms with Crippen LogP contribution >= 0.6 is 0 Å². The summed E-state index contributed by atoms with van der Waals surface area (Å²) >= 11 is 0. The predicted octanol–water partition coefficient (Wildman–Crippen LogP) is 2.63. The molecule has 2 aromatic rings. The maximum Gasteiger partial charge on any atom is 0.185 e. The summed E-state index contributed by atoms with van der Waals surface area (Å²) in [7, 11) is 0. The summed E-state index contributed by atoms with van der Waals surface area (Å²) in [6.07, 6.45) is 2.14. The van der Waals surface area contributed by atoms with Crippen molar-refractivity contribution in [1.82, 2.24) is 0 Å². The molecule has 2 rings (SSSR count). The van der Waals surface area contributed by atoms with Crippen molar-refractivity contribution >= 4 is 6.29 Å². The average Bonchev–Trinajstić information content (AvgIpc) is 2.77. The Morgan fingerprint density at radius 2 is 1.93 bits per heavy atom. The fraction of sp³-hybridized carbons (Fsp3) is 0. The first kappa shape index (κ1) is 9.22. The minimum absolute atomic E-state index is 0.305. The van der Waals surface area contributed by atoms with E-state index in [1.807, 2.05) is 6.07 Å². The molecular weight excluding hydrogens is 190 g/mol. The lowest BCUT2D eigenvalue weighted by atomic mass is 10.1. The number of benzene rings is 1. The van der Waals surface area contributed by atoms with Crippen LogP contribution in [0.15, 0.2) is 41.0 Å². The smallest absolute Gasteiger partial charge is 0.185 e. The molecule has 0 aliphatic heterocycles. The van der Waals surface area contributed by atoms with Gasteiger partial charge in [0.1, 0.15) is 0 Å². The van der Waals surface area contributed by atoms with E-state index in [2.05, 4.69) is 0 Å². The predicted molar refractivity (Wildman–Crippen MR) is 54.2 cm³/mol. The SMILES string of the molecule is N#Cc1ccc(-c2ccoc2C=O)cc1. The lowest BCUT2D eigenvalue weighted by Gasteiger charge is -1.97. The third kappa shape index (κ3) is 1.65. The van der Waals surface area contributed by atoms with Crippen LogP contribution in [0.25, 0.3) is 11.1 Å². The van der Waals surface area contributed by atoms with Crippen LogP contribution in [0.1, 0.15) is 16.1 Å². The quantitative estimate of drug-likeness (QED) is 0.695. The Kier molecular flexibility index (Phi) is 2.34. The second kappa shape index (κ2) is 3.81. The number of hydrogen-bond donors (Lipinski definition) is 0. The van der Waals surface area contributed by atoms with Crippen molar-refractivity contribution in [3.8, 4) is 17.2 Å². The fourth-order valence-electron chi connectivity index (χ4n) is 1.38. The number of furan rings is 1. The van der Waals surface area contributed by atoms with E-state index in [-0.39, 0.29) is 0 Å². The van der Waals surface area contributed by atoms with Crippen LogP contribution in [0, 0.1) is 11.3 Å². The lowest BCUT2D eigenvalue weighted by Crippen LogP contribution is -1.81. The number of nitriles is 1. The molecule has 0 saturated carbocycles. The van der Waals surface area contributed by atoms with Gasteiger partial charge in [-0.3, -0.25) is 4.79 Å². The first-order valence-electron chi connectivity index (χ1n) is 4.38. The van der Waals surface area contributed by atoms with Crippen LogP contribution in [0.5, 0.6) is 0 Å². The molecule has 0 bridgehead atoms. The maximum absolute atomic E-state index is 10.6. The van der Waals surface area contributed by atoms with Crippen molar-refractivity contribution in [1.29, 1.82) is 5.26 Å². The molecule has 0 N–H and O–H groups in total. The molecule has 0 fully saturated rings. The van der Waals surface area contributed by atoms with Gasteiger partial charge in [-0.2, -0.15) is 5.26 Å². The molecule has 0 atom stereocenters. The van der Waals surface area contributed by atoms with E-state index in [9.17, 15) is 4.79 Å². The first-order chi connectivity index (χ1) is 7.35. The molecule has 1 aromatic carbocycles. The molecule has 0 aliphatic carbocycles. The van der Waals surface area contributed by atoms with E-state index in [1.165, 1.54) is 6.26 Å². The van der Waals surface area contributed by atoms with Crippen molar-refractivity contribution in [2.75, 3.05) is 0 Å². The van der Waals surface area contributed by atoms with Gasteiger partial charge in [0.25, 0.3) is 0 Å². The van der Waals surface area contributed by atoms with E-state index < -0.39 is 0 Å². The first-order valence-corrected chi connectivity index (χ1v) is 4.38. The van der Waals surface area contributed by atoms with Crippen LogP contribution in [0.3, 0.4) is 0 Å². The summed E-state index contributed by atoms with van der Waals surface area (Å²) in [6.45, 7) is 0. The lowest BCUT2D eigenvalue weighted by molar-refractivity contribution is 0.110. The highest BCUT2D eigenvalue weighted by Crippen LogP contribution is 2.23. The number of carbonyl (C=O) groups is 1. The van der Waals surface area contributed by atoms with Gasteiger partial charge in [-0.1, -0.05) is 12.1 Å². The van der Waals surface area contributed by atoms with Crippen LogP contribution < -0.4 is 0 Å². The van der Waals surface area contributed by atoms with Crippen LogP contribution in [0.2, 0.25) is 0 Å². The third-order valence-electron chi connectivity index (χ3n) is 2.13. The molecular formula is C12H7NO2. The van der Waals surface area contributed by atoms with Gasteiger partial charge in [-0.25, -0.2) is 0 Å². The van der Waals surface area contributed by atoms with Crippen molar-refractivity contribution in [2.24, 2.45) is 0 Å². The molecule has 0 aliphatic rings. The maximum atomic E-state index is 10.6. The summed E-state index contributed by atoms with van der Waals surface area (Å²) in [5.41, 5.74) is 2.20. The Bertz CT molecular complexity index is 517. The van der Waals surface area contributed by atoms with Crippen LogP contribution in [-0.4, -0.2) is 6.29 Å². The molecule has 72 valence electrons. The highest BCUT2D eigenvalue weighted by molar-refractivity contribution is 5.84. The van der Waals surface area contributed by atoms with Gasteiger partial charge in [-0.05, 0) is 23.8 Å². The van der Waals surface area contributed by atoms with Crippen LogP contribution in [0.4, 0.5) is 0 Å². The summed E-state index contributed by atoms with van der Waals surface area (Å²) in [5, 5.41) is 8.64. The monoisotopic (exact) mass is 197 g/mol. The average molecular weight is 197 g/mol. The van der Waals surface area contributed by atoms with Crippen molar-refractivity contribution in [2.45, 2.75) is 0 Å². The Labute approximate surface area is 86.6 Å². The summed E-state index contributed by atoms with van der Waals surface area (Å²) < 4.78 is 4.99. The number of hydrogen-bond acceptors (Lipinski definition) is 3. The van der Waals surface area contributed by atoms with Gasteiger partial charge < -0.3 is 4.42 Å². The van der Waals surface area contributed by atoms with E-state index in [1.54, 1.807) is 30.3 Å². The highest BCUT2D eigenvalue weighted by atomic mass is 16.3. The van der Waals surface area contributed by atoms with Gasteiger partial charge in [-0.15, -0.1) is 0 Å². The largest absolute Gasteiger partial charge is 0.461 e. The van der Waals surface area contributed by atoms with Gasteiger partial charge in [0.05, 0.1) is 17.9 Å². The molecule has 1 heterocycles. The summed E-state index contributed by atoms with van der Waals surface area (Å²) in [5.74, 6) is 0.305. The molecule has 1 aromatic heterocycles. The Hall–Kier alpha value is -2.34. The minimum atomic E-state index is 0.305. The molecule has 15 heavy (non-hydrogen) atoms. The molecule has 0 amide bonds. The van der Waals surface area contributed by atoms with Crippen molar-refractivity contribution < 1.29 is 9.21 Å². The minimum Gasteiger partial charge on any atom is -0.461 e. The molecule has 0 spiro atoms. The van der Waals surface area contributed by atoms with Gasteiger partial charge in [0, 0.05) is 5.56 Å². The zero-order valence-electron chi connectivity index (χ0n) is 7.81. The summed E-state index contributed by atoms with van der Waals surface area (Å²) in [4.78, 5) is 10.6. The zero-order chi connectivity index (χ0) is 10.7. The van der Waals surface area contributed by atoms with Gasteiger partial charge in [0.2, 0.25) is 0 Å². The normalized spacial score (nSPS) is 9.53. The van der Waals surface area contributed by atoms with Gasteiger partial charge >= 0.3 is 0 Å². The van der Waals surface area contributed by atoms with E-state index in [0.29, 0.717) is 17.6 Å². The third-order valence-corrected chi connectivity index (χ3v) is 2.13. The van der Waals surface area contributed by atoms with Gasteiger partial charge in [0.15, 0.2) is 12.0 Å². The number of carbonyl (C=O) groups excluding carboxylic acids is 1. The molecule has 0 saturated heterocycles. The number of nitrogens with zero attached hydrogens (tertiary/aromatic N) is 1. The van der Waals surface area contributed by atoms with E-state index >= 15 is 0 Å². The topological polar surface area (TPSA) is 54.0 Å². The standard InChI is InChI=1S/C12H7NO2/c13-7-9-1-3-10(4-2-9)11-5-6-15-12(11)8-14/h1-6,8H. The molecule has 3 nitrogen and oxygen atoms in total. The van der Waals surface area contributed by atoms with E-state index in [0.717, 1.165) is 11.1 Å². The van der Waals surface area contributed by atoms with E-state index in [4.69, 9.17) is 9.68 Å². The molecule has 0 radical (unpaired) electrons. The molecule has 0 unspecified atom stereocenters. The Morgan fingerprint density at radius 1 is 1.20 bits per heavy atom. The Balaban J connectivity index is 2.46. The highest BCUT2D eigenvalue weighted by Gasteiger charge is 2.06. The number of aldehydes is 1.